The molecule has 1 heterocycles. The highest BCUT2D eigenvalue weighted by atomic mass is 16.5. The standard InChI is InChI=1S/C12H20N4O2/c1-16(7-8-18-2)6-5-15-12(17)10-9-14-4-3-11(10)13/h3-4,9H,5-8H2,1-2H3,(H2,13,14)(H,15,17). The first-order valence-corrected chi connectivity index (χ1v) is 5.80. The van der Waals surface area contributed by atoms with E-state index < -0.39 is 0 Å². The third kappa shape index (κ3) is 4.68. The SMILES string of the molecule is COCCN(C)CCNC(=O)c1cnccc1N. The molecule has 0 bridgehead atoms. The van der Waals surface area contributed by atoms with Gasteiger partial charge in [0.15, 0.2) is 0 Å². The lowest BCUT2D eigenvalue weighted by molar-refractivity contribution is 0.0948. The van der Waals surface area contributed by atoms with Crippen molar-refractivity contribution in [2.75, 3.05) is 46.1 Å². The predicted molar refractivity (Wildman–Crippen MR) is 70.4 cm³/mol. The summed E-state index contributed by atoms with van der Waals surface area (Å²) >= 11 is 0. The Kier molecular flexibility index (Phi) is 6.10. The van der Waals surface area contributed by atoms with Crippen LogP contribution >= 0.6 is 0 Å². The quantitative estimate of drug-likeness (QED) is 0.712. The van der Waals surface area contributed by atoms with Gasteiger partial charge in [-0.15, -0.1) is 0 Å². The molecule has 0 aromatic carbocycles. The number of amides is 1. The van der Waals surface area contributed by atoms with Gasteiger partial charge in [-0.05, 0) is 13.1 Å². The molecule has 1 rings (SSSR count). The van der Waals surface area contributed by atoms with Crippen LogP contribution in [0.4, 0.5) is 5.69 Å². The van der Waals surface area contributed by atoms with Gasteiger partial charge < -0.3 is 20.7 Å². The molecule has 0 saturated carbocycles. The largest absolute Gasteiger partial charge is 0.398 e. The second-order valence-corrected chi connectivity index (χ2v) is 4.01. The first-order valence-electron chi connectivity index (χ1n) is 5.80. The summed E-state index contributed by atoms with van der Waals surface area (Å²) in [7, 11) is 3.64. The normalized spacial score (nSPS) is 10.6. The monoisotopic (exact) mass is 252 g/mol. The highest BCUT2D eigenvalue weighted by Crippen LogP contribution is 2.07. The summed E-state index contributed by atoms with van der Waals surface area (Å²) in [5, 5.41) is 2.81. The third-order valence-corrected chi connectivity index (χ3v) is 2.56. The molecule has 1 amide bonds. The Labute approximate surface area is 107 Å². The summed E-state index contributed by atoms with van der Waals surface area (Å²) in [4.78, 5) is 17.7. The van der Waals surface area contributed by atoms with Gasteiger partial charge in [0.25, 0.3) is 5.91 Å². The van der Waals surface area contributed by atoms with Gasteiger partial charge in [-0.2, -0.15) is 0 Å². The number of pyridine rings is 1. The van der Waals surface area contributed by atoms with E-state index in [-0.39, 0.29) is 5.91 Å². The molecule has 3 N–H and O–H groups in total. The van der Waals surface area contributed by atoms with Crippen molar-refractivity contribution < 1.29 is 9.53 Å². The van der Waals surface area contributed by atoms with Crippen LogP contribution in [-0.2, 0) is 4.74 Å². The average molecular weight is 252 g/mol. The average Bonchev–Trinajstić information content (AvgIpc) is 2.36. The number of anilines is 1. The molecule has 1 aromatic rings. The molecule has 0 unspecified atom stereocenters. The van der Waals surface area contributed by atoms with Crippen LogP contribution < -0.4 is 11.1 Å². The Morgan fingerprint density at radius 2 is 2.33 bits per heavy atom. The molecule has 0 aliphatic carbocycles. The smallest absolute Gasteiger partial charge is 0.254 e. The number of hydrogen-bond donors (Lipinski definition) is 2. The van der Waals surface area contributed by atoms with Gasteiger partial charge in [0.2, 0.25) is 0 Å². The molecular formula is C12H20N4O2. The summed E-state index contributed by atoms with van der Waals surface area (Å²) in [5.41, 5.74) is 6.54. The zero-order chi connectivity index (χ0) is 13.4. The number of nitrogen functional groups attached to an aromatic ring is 1. The molecule has 100 valence electrons. The van der Waals surface area contributed by atoms with Gasteiger partial charge in [-0.25, -0.2) is 0 Å². The fraction of sp³-hybridized carbons (Fsp3) is 0.500. The molecule has 0 aliphatic heterocycles. The summed E-state index contributed by atoms with van der Waals surface area (Å²) in [6.45, 7) is 2.84. The Hall–Kier alpha value is -1.66. The van der Waals surface area contributed by atoms with Gasteiger partial charge >= 0.3 is 0 Å². The van der Waals surface area contributed by atoms with E-state index in [1.807, 2.05) is 7.05 Å². The highest BCUT2D eigenvalue weighted by Gasteiger charge is 2.08. The van der Waals surface area contributed by atoms with E-state index in [2.05, 4.69) is 15.2 Å². The molecule has 0 radical (unpaired) electrons. The number of carbonyl (C=O) groups excluding carboxylic acids is 1. The lowest BCUT2D eigenvalue weighted by Gasteiger charge is -2.16. The van der Waals surface area contributed by atoms with Crippen LogP contribution in [0.25, 0.3) is 0 Å². The minimum atomic E-state index is -0.194. The van der Waals surface area contributed by atoms with Crippen molar-refractivity contribution in [3.05, 3.63) is 24.0 Å². The number of nitrogens with two attached hydrogens (primary N) is 1. The zero-order valence-electron chi connectivity index (χ0n) is 10.8. The number of hydrogen-bond acceptors (Lipinski definition) is 5. The van der Waals surface area contributed by atoms with E-state index in [0.29, 0.717) is 24.4 Å². The lowest BCUT2D eigenvalue weighted by Crippen LogP contribution is -2.34. The van der Waals surface area contributed by atoms with Crippen LogP contribution in [0.3, 0.4) is 0 Å². The molecule has 0 spiro atoms. The van der Waals surface area contributed by atoms with E-state index >= 15 is 0 Å². The minimum Gasteiger partial charge on any atom is -0.398 e. The van der Waals surface area contributed by atoms with Crippen molar-refractivity contribution >= 4 is 11.6 Å². The van der Waals surface area contributed by atoms with Crippen LogP contribution in [0.1, 0.15) is 10.4 Å². The Morgan fingerprint density at radius 3 is 3.00 bits per heavy atom. The fourth-order valence-corrected chi connectivity index (χ4v) is 1.41. The highest BCUT2D eigenvalue weighted by molar-refractivity contribution is 5.98. The van der Waals surface area contributed by atoms with Crippen molar-refractivity contribution in [2.24, 2.45) is 0 Å². The number of likely N-dealkylation sites (N-methyl/N-ethyl adjacent to an activating group) is 1. The predicted octanol–water partition coefficient (Wildman–Crippen LogP) is -0.0282. The van der Waals surface area contributed by atoms with Gasteiger partial charge in [-0.1, -0.05) is 0 Å². The maximum absolute atomic E-state index is 11.8. The number of carbonyl (C=O) groups is 1. The Morgan fingerprint density at radius 1 is 1.56 bits per heavy atom. The summed E-state index contributed by atoms with van der Waals surface area (Å²) in [6, 6.07) is 1.61. The number of nitrogens with one attached hydrogen (secondary N) is 1. The molecule has 6 heteroatoms. The van der Waals surface area contributed by atoms with Gasteiger partial charge in [0.1, 0.15) is 0 Å². The summed E-state index contributed by atoms with van der Waals surface area (Å²) < 4.78 is 4.97. The first kappa shape index (κ1) is 14.4. The Bertz CT molecular complexity index is 384. The number of nitrogens with zero attached hydrogens (tertiary/aromatic N) is 2. The van der Waals surface area contributed by atoms with Crippen LogP contribution in [-0.4, -0.2) is 56.2 Å². The van der Waals surface area contributed by atoms with Gasteiger partial charge in [0, 0.05) is 44.8 Å². The second kappa shape index (κ2) is 7.62. The van der Waals surface area contributed by atoms with Gasteiger partial charge in [0.05, 0.1) is 12.2 Å². The van der Waals surface area contributed by atoms with E-state index in [1.54, 1.807) is 19.4 Å². The number of rotatable bonds is 7. The Balaban J connectivity index is 2.32. The molecule has 6 nitrogen and oxygen atoms in total. The number of aromatic nitrogens is 1. The van der Waals surface area contributed by atoms with Crippen LogP contribution in [0.2, 0.25) is 0 Å². The molecule has 0 fully saturated rings. The van der Waals surface area contributed by atoms with E-state index in [4.69, 9.17) is 10.5 Å². The van der Waals surface area contributed by atoms with Gasteiger partial charge in [-0.3, -0.25) is 9.78 Å². The van der Waals surface area contributed by atoms with Crippen molar-refractivity contribution in [2.45, 2.75) is 0 Å². The van der Waals surface area contributed by atoms with Crippen LogP contribution in [0, 0.1) is 0 Å². The van der Waals surface area contributed by atoms with E-state index in [1.165, 1.54) is 6.20 Å². The summed E-state index contributed by atoms with van der Waals surface area (Å²) in [5.74, 6) is -0.194. The molecule has 0 aliphatic rings. The molecule has 1 aromatic heterocycles. The summed E-state index contributed by atoms with van der Waals surface area (Å²) in [6.07, 6.45) is 3.03. The lowest BCUT2D eigenvalue weighted by atomic mass is 10.2. The van der Waals surface area contributed by atoms with Crippen molar-refractivity contribution in [1.29, 1.82) is 0 Å². The minimum absolute atomic E-state index is 0.194. The van der Waals surface area contributed by atoms with Crippen molar-refractivity contribution in [3.63, 3.8) is 0 Å². The van der Waals surface area contributed by atoms with Crippen LogP contribution in [0.5, 0.6) is 0 Å². The first-order chi connectivity index (χ1) is 8.65. The number of ether oxygens (including phenoxy) is 1. The molecule has 0 saturated heterocycles. The third-order valence-electron chi connectivity index (χ3n) is 2.56. The topological polar surface area (TPSA) is 80.5 Å². The van der Waals surface area contributed by atoms with E-state index in [0.717, 1.165) is 13.1 Å². The van der Waals surface area contributed by atoms with Crippen molar-refractivity contribution in [3.8, 4) is 0 Å². The maximum atomic E-state index is 11.8. The van der Waals surface area contributed by atoms with Crippen molar-refractivity contribution in [1.82, 2.24) is 15.2 Å². The van der Waals surface area contributed by atoms with Crippen LogP contribution in [0.15, 0.2) is 18.5 Å². The maximum Gasteiger partial charge on any atom is 0.254 e. The van der Waals surface area contributed by atoms with E-state index in [9.17, 15) is 4.79 Å². The molecular weight excluding hydrogens is 232 g/mol. The zero-order valence-corrected chi connectivity index (χ0v) is 10.8. The second-order valence-electron chi connectivity index (χ2n) is 4.01. The molecule has 0 atom stereocenters. The fourth-order valence-electron chi connectivity index (χ4n) is 1.41. The molecule has 18 heavy (non-hydrogen) atoms. The number of methoxy groups -OCH3 is 1.